The molecule has 0 aromatic carbocycles. The summed E-state index contributed by atoms with van der Waals surface area (Å²) in [5, 5.41) is 0. The van der Waals surface area contributed by atoms with Crippen molar-refractivity contribution < 1.29 is 13.2 Å². The number of carbonyl (C=O) groups excluding carboxylic acids is 1. The van der Waals surface area contributed by atoms with E-state index in [1.54, 1.807) is 6.08 Å². The molecule has 0 radical (unpaired) electrons. The van der Waals surface area contributed by atoms with Gasteiger partial charge in [0.25, 0.3) is 5.91 Å². The molecule has 0 spiro atoms. The molecule has 3 saturated carbocycles. The fraction of sp³-hybridized carbons (Fsp3) is 0.824. The van der Waals surface area contributed by atoms with Gasteiger partial charge in [0.15, 0.2) is 0 Å². The van der Waals surface area contributed by atoms with E-state index in [9.17, 15) is 13.2 Å². The quantitative estimate of drug-likeness (QED) is 0.624. The molecule has 3 rings (SSSR count). The lowest BCUT2D eigenvalue weighted by atomic mass is 9.64. The zero-order chi connectivity index (χ0) is 16.1. The smallest absolute Gasteiger partial charge is 0.259 e. The van der Waals surface area contributed by atoms with Gasteiger partial charge >= 0.3 is 0 Å². The first-order chi connectivity index (χ1) is 10.4. The van der Waals surface area contributed by atoms with Gasteiger partial charge in [0, 0.05) is 11.5 Å². The van der Waals surface area contributed by atoms with E-state index >= 15 is 0 Å². The van der Waals surface area contributed by atoms with E-state index < -0.39 is 10.9 Å². The summed E-state index contributed by atoms with van der Waals surface area (Å²) >= 11 is 0. The number of hydrogen-bond donors (Lipinski definition) is 1. The lowest BCUT2D eigenvalue weighted by Gasteiger charge is -2.45. The van der Waals surface area contributed by atoms with E-state index in [-0.39, 0.29) is 22.8 Å². The molecule has 5 heteroatoms. The maximum Gasteiger partial charge on any atom is 0.259 e. The van der Waals surface area contributed by atoms with Gasteiger partial charge in [0.05, 0.1) is 6.04 Å². The number of nitrogens with zero attached hydrogens (tertiary/aromatic N) is 1. The number of thiol groups is 1. The summed E-state index contributed by atoms with van der Waals surface area (Å²) in [5.74, 6) is 0.783. The molecule has 3 aliphatic rings. The van der Waals surface area contributed by atoms with Crippen LogP contribution in [0.15, 0.2) is 12.2 Å². The first-order valence-electron chi connectivity index (χ1n) is 8.50. The molecule has 3 atom stereocenters. The van der Waals surface area contributed by atoms with Crippen molar-refractivity contribution in [3.05, 3.63) is 12.2 Å². The van der Waals surface area contributed by atoms with Crippen LogP contribution in [-0.2, 0) is 15.7 Å². The lowest BCUT2D eigenvalue weighted by Crippen LogP contribution is -2.51. The van der Waals surface area contributed by atoms with Crippen molar-refractivity contribution in [2.75, 3.05) is 0 Å². The minimum absolute atomic E-state index is 0.00276. The van der Waals surface area contributed by atoms with Gasteiger partial charge in [0.2, 0.25) is 10.9 Å². The molecule has 0 aromatic heterocycles. The van der Waals surface area contributed by atoms with Gasteiger partial charge in [-0.25, -0.2) is 12.7 Å². The number of amides is 1. The van der Waals surface area contributed by atoms with Crippen molar-refractivity contribution in [1.82, 2.24) is 4.31 Å². The van der Waals surface area contributed by atoms with E-state index in [2.05, 4.69) is 13.8 Å². The van der Waals surface area contributed by atoms with Crippen LogP contribution in [0.4, 0.5) is 0 Å². The third kappa shape index (κ3) is 2.08. The highest BCUT2D eigenvalue weighted by Crippen LogP contribution is 2.73. The maximum absolute atomic E-state index is 12.5. The molecule has 0 saturated heterocycles. The average Bonchev–Trinajstić information content (AvgIpc) is 3.23. The van der Waals surface area contributed by atoms with E-state index in [1.807, 2.05) is 6.92 Å². The van der Waals surface area contributed by atoms with E-state index in [1.165, 1.54) is 29.6 Å². The van der Waals surface area contributed by atoms with Crippen molar-refractivity contribution in [1.29, 1.82) is 0 Å². The number of fused-ring (bicyclic) bond motifs is 2. The van der Waals surface area contributed by atoms with Crippen LogP contribution < -0.4 is 0 Å². The van der Waals surface area contributed by atoms with Crippen molar-refractivity contribution >= 4 is 16.8 Å². The number of hydrogen-bond acceptors (Lipinski definition) is 3. The molecule has 3 aliphatic carbocycles. The minimum Gasteiger partial charge on any atom is -0.269 e. The molecule has 2 bridgehead atoms. The molecule has 1 amide bonds. The molecule has 0 aliphatic heterocycles. The summed E-state index contributed by atoms with van der Waals surface area (Å²) in [5.41, 5.74) is 0.139. The van der Waals surface area contributed by atoms with Crippen LogP contribution in [0, 0.1) is 22.7 Å². The summed E-state index contributed by atoms with van der Waals surface area (Å²) < 4.78 is 24.9. The second-order valence-electron chi connectivity index (χ2n) is 7.75. The standard InChI is InChI=1S/C17H27NO3S/c1-4-5-6-15(19)18(22(20)21)14-11-13-9-10-17(14,12-7-8-12)16(13,2)3/h5-6,12-14,22H,4,7-11H2,1-3H3/b6-5-/t13?,14-,17-/m0/s1. The normalized spacial score (nSPS) is 36.4. The van der Waals surface area contributed by atoms with Crippen LogP contribution in [0.5, 0.6) is 0 Å². The highest BCUT2D eigenvalue weighted by molar-refractivity contribution is 7.70. The minimum atomic E-state index is -2.88. The molecule has 0 heterocycles. The molecule has 0 N–H and O–H groups in total. The first-order valence-corrected chi connectivity index (χ1v) is 9.63. The Kier molecular flexibility index (Phi) is 3.91. The Morgan fingerprint density at radius 3 is 2.41 bits per heavy atom. The van der Waals surface area contributed by atoms with E-state index in [0.717, 1.165) is 19.3 Å². The molecule has 0 aromatic rings. The summed E-state index contributed by atoms with van der Waals surface area (Å²) in [6, 6.07) is -0.135. The Labute approximate surface area is 135 Å². The molecule has 3 fully saturated rings. The monoisotopic (exact) mass is 325 g/mol. The van der Waals surface area contributed by atoms with Crippen LogP contribution in [0.3, 0.4) is 0 Å². The third-order valence-corrected chi connectivity index (χ3v) is 7.56. The predicted octanol–water partition coefficient (Wildman–Crippen LogP) is 2.91. The van der Waals surface area contributed by atoms with Crippen LogP contribution in [0.1, 0.15) is 59.3 Å². The zero-order valence-corrected chi connectivity index (χ0v) is 14.6. The molecular formula is C17H27NO3S. The predicted molar refractivity (Wildman–Crippen MR) is 86.7 cm³/mol. The highest BCUT2D eigenvalue weighted by atomic mass is 32.2. The van der Waals surface area contributed by atoms with Gasteiger partial charge in [-0.1, -0.05) is 26.8 Å². The topological polar surface area (TPSA) is 54.5 Å². The van der Waals surface area contributed by atoms with Crippen molar-refractivity contribution in [2.24, 2.45) is 22.7 Å². The number of carbonyl (C=O) groups is 1. The Morgan fingerprint density at radius 2 is 1.91 bits per heavy atom. The molecule has 4 nitrogen and oxygen atoms in total. The van der Waals surface area contributed by atoms with E-state index in [4.69, 9.17) is 0 Å². The van der Waals surface area contributed by atoms with Crippen LogP contribution in [0.25, 0.3) is 0 Å². The maximum atomic E-state index is 12.5. The van der Waals surface area contributed by atoms with Crippen molar-refractivity contribution in [3.8, 4) is 0 Å². The largest absolute Gasteiger partial charge is 0.269 e. The summed E-state index contributed by atoms with van der Waals surface area (Å²) in [4.78, 5) is 12.5. The Morgan fingerprint density at radius 1 is 1.23 bits per heavy atom. The van der Waals surface area contributed by atoms with Crippen LogP contribution in [-0.4, -0.2) is 24.7 Å². The second-order valence-corrected chi connectivity index (χ2v) is 8.66. The van der Waals surface area contributed by atoms with Gasteiger partial charge < -0.3 is 0 Å². The van der Waals surface area contributed by atoms with Gasteiger partial charge in [-0.3, -0.25) is 4.79 Å². The molecule has 124 valence electrons. The van der Waals surface area contributed by atoms with Crippen molar-refractivity contribution in [3.63, 3.8) is 0 Å². The van der Waals surface area contributed by atoms with Crippen LogP contribution in [0.2, 0.25) is 0 Å². The highest BCUT2D eigenvalue weighted by Gasteiger charge is 2.70. The Balaban J connectivity index is 1.99. The van der Waals surface area contributed by atoms with Gasteiger partial charge in [-0.05, 0) is 55.8 Å². The lowest BCUT2D eigenvalue weighted by molar-refractivity contribution is -0.125. The fourth-order valence-corrected chi connectivity index (χ4v) is 6.28. The fourth-order valence-electron chi connectivity index (χ4n) is 5.53. The summed E-state index contributed by atoms with van der Waals surface area (Å²) in [6.45, 7) is 6.54. The number of allylic oxidation sites excluding steroid dienone is 1. The first kappa shape index (κ1) is 16.0. The number of rotatable bonds is 5. The molecule has 1 unspecified atom stereocenters. The Bertz CT molecular complexity index is 568. The van der Waals surface area contributed by atoms with Gasteiger partial charge in [-0.2, -0.15) is 0 Å². The van der Waals surface area contributed by atoms with Gasteiger partial charge in [-0.15, -0.1) is 0 Å². The average molecular weight is 325 g/mol. The SMILES string of the molecule is CC/C=C\C(=O)N([C@H]1CC2CC[C@@]1(C1CC1)C2(C)C)[SH](=O)=O. The van der Waals surface area contributed by atoms with E-state index in [0.29, 0.717) is 11.8 Å². The Hall–Kier alpha value is -0.840. The third-order valence-electron chi connectivity index (χ3n) is 6.73. The second kappa shape index (κ2) is 5.36. The zero-order valence-electron chi connectivity index (χ0n) is 13.7. The molecular weight excluding hydrogens is 298 g/mol. The molecule has 22 heavy (non-hydrogen) atoms. The summed E-state index contributed by atoms with van der Waals surface area (Å²) in [6.07, 6.45) is 9.40. The van der Waals surface area contributed by atoms with Crippen molar-refractivity contribution in [2.45, 2.75) is 65.3 Å². The van der Waals surface area contributed by atoms with Gasteiger partial charge in [0.1, 0.15) is 0 Å². The van der Waals surface area contributed by atoms with Crippen LogP contribution >= 0.6 is 0 Å². The summed E-state index contributed by atoms with van der Waals surface area (Å²) in [7, 11) is -2.88.